The Morgan fingerprint density at radius 3 is 2.52 bits per heavy atom. The van der Waals surface area contributed by atoms with Crippen LogP contribution in [0.2, 0.25) is 5.02 Å². The van der Waals surface area contributed by atoms with Crippen LogP contribution in [-0.4, -0.2) is 22.1 Å². The molecule has 0 aliphatic carbocycles. The highest BCUT2D eigenvalue weighted by Crippen LogP contribution is 2.18. The average Bonchev–Trinajstić information content (AvgIpc) is 2.49. The number of carboxylic acid groups (broad SMARTS) is 1. The van der Waals surface area contributed by atoms with Crippen LogP contribution < -0.4 is 10.6 Å². The number of aryl methyl sites for hydroxylation is 1. The number of aromatic carboxylic acids is 1. The minimum atomic E-state index is -1.09. The number of carboxylic acids is 1. The summed E-state index contributed by atoms with van der Waals surface area (Å²) in [5.41, 5.74) is 1.52. The Morgan fingerprint density at radius 1 is 1.13 bits per heavy atom. The SMILES string of the molecule is Cc1ccc(Cl)c(C(=O)NC(=S)Nc2ccccc2C(=O)O)c1. The quantitative estimate of drug-likeness (QED) is 0.740. The van der Waals surface area contributed by atoms with Crippen LogP contribution in [0.5, 0.6) is 0 Å². The largest absolute Gasteiger partial charge is 0.478 e. The minimum absolute atomic E-state index is 0.0127. The van der Waals surface area contributed by atoms with Crippen molar-refractivity contribution < 1.29 is 14.7 Å². The number of halogens is 1. The van der Waals surface area contributed by atoms with Crippen molar-refractivity contribution in [3.8, 4) is 0 Å². The lowest BCUT2D eigenvalue weighted by Crippen LogP contribution is -2.34. The predicted octanol–water partition coefficient (Wildman–Crippen LogP) is 3.47. The molecular formula is C16H13ClN2O3S. The number of carbonyl (C=O) groups excluding carboxylic acids is 1. The van der Waals surface area contributed by atoms with E-state index >= 15 is 0 Å². The maximum absolute atomic E-state index is 12.2. The summed E-state index contributed by atoms with van der Waals surface area (Å²) in [5, 5.41) is 14.6. The van der Waals surface area contributed by atoms with Crippen molar-refractivity contribution in [3.05, 3.63) is 64.2 Å². The van der Waals surface area contributed by atoms with Gasteiger partial charge in [0.25, 0.3) is 5.91 Å². The number of amides is 1. The number of hydrogen-bond donors (Lipinski definition) is 3. The second-order valence-electron chi connectivity index (χ2n) is 4.74. The molecule has 0 bridgehead atoms. The molecule has 2 aromatic rings. The third-order valence-electron chi connectivity index (χ3n) is 3.00. The highest BCUT2D eigenvalue weighted by atomic mass is 35.5. The van der Waals surface area contributed by atoms with E-state index in [9.17, 15) is 9.59 Å². The van der Waals surface area contributed by atoms with Gasteiger partial charge in [0.05, 0.1) is 21.8 Å². The number of anilines is 1. The monoisotopic (exact) mass is 348 g/mol. The summed E-state index contributed by atoms with van der Waals surface area (Å²) < 4.78 is 0. The maximum atomic E-state index is 12.2. The Bertz CT molecular complexity index is 793. The summed E-state index contributed by atoms with van der Waals surface area (Å²) in [4.78, 5) is 23.3. The maximum Gasteiger partial charge on any atom is 0.337 e. The molecule has 0 atom stereocenters. The molecule has 0 radical (unpaired) electrons. The van der Waals surface area contributed by atoms with Crippen LogP contribution in [0.4, 0.5) is 5.69 Å². The van der Waals surface area contributed by atoms with E-state index in [2.05, 4.69) is 10.6 Å². The van der Waals surface area contributed by atoms with Gasteiger partial charge in [0.1, 0.15) is 0 Å². The topological polar surface area (TPSA) is 78.4 Å². The normalized spacial score (nSPS) is 10.0. The van der Waals surface area contributed by atoms with Gasteiger partial charge >= 0.3 is 5.97 Å². The number of rotatable bonds is 3. The molecule has 7 heteroatoms. The third kappa shape index (κ3) is 4.28. The number of nitrogens with one attached hydrogen (secondary N) is 2. The Hall–Kier alpha value is -2.44. The van der Waals surface area contributed by atoms with E-state index in [-0.39, 0.29) is 10.7 Å². The van der Waals surface area contributed by atoms with E-state index < -0.39 is 11.9 Å². The molecule has 118 valence electrons. The first kappa shape index (κ1) is 16.9. The highest BCUT2D eigenvalue weighted by molar-refractivity contribution is 7.80. The first-order valence-electron chi connectivity index (χ1n) is 6.59. The predicted molar refractivity (Wildman–Crippen MR) is 93.3 cm³/mol. The first-order valence-corrected chi connectivity index (χ1v) is 7.38. The van der Waals surface area contributed by atoms with Crippen LogP contribution in [0.1, 0.15) is 26.3 Å². The fourth-order valence-electron chi connectivity index (χ4n) is 1.92. The van der Waals surface area contributed by atoms with Crippen molar-refractivity contribution in [1.29, 1.82) is 0 Å². The molecule has 1 amide bonds. The van der Waals surface area contributed by atoms with Gasteiger partial charge in [-0.1, -0.05) is 35.4 Å². The second kappa shape index (κ2) is 7.21. The Balaban J connectivity index is 2.12. The zero-order valence-electron chi connectivity index (χ0n) is 12.1. The second-order valence-corrected chi connectivity index (χ2v) is 5.56. The Morgan fingerprint density at radius 2 is 1.83 bits per heavy atom. The summed E-state index contributed by atoms with van der Waals surface area (Å²) in [5.74, 6) is -1.56. The van der Waals surface area contributed by atoms with Gasteiger partial charge in [0.15, 0.2) is 5.11 Å². The van der Waals surface area contributed by atoms with Gasteiger partial charge in [-0.2, -0.15) is 0 Å². The van der Waals surface area contributed by atoms with E-state index in [0.717, 1.165) is 5.56 Å². The van der Waals surface area contributed by atoms with Crippen molar-refractivity contribution in [3.63, 3.8) is 0 Å². The van der Waals surface area contributed by atoms with E-state index in [0.29, 0.717) is 16.3 Å². The molecule has 0 aliphatic heterocycles. The molecule has 23 heavy (non-hydrogen) atoms. The van der Waals surface area contributed by atoms with Gasteiger partial charge in [-0.15, -0.1) is 0 Å². The molecule has 0 aliphatic rings. The van der Waals surface area contributed by atoms with Crippen LogP contribution in [0.15, 0.2) is 42.5 Å². The standard InChI is InChI=1S/C16H13ClN2O3S/c1-9-6-7-12(17)11(8-9)14(20)19-16(23)18-13-5-3-2-4-10(13)15(21)22/h2-8H,1H3,(H,21,22)(H2,18,19,20,23). The molecule has 0 saturated carbocycles. The van der Waals surface area contributed by atoms with Crippen molar-refractivity contribution in [1.82, 2.24) is 5.32 Å². The van der Waals surface area contributed by atoms with Crippen LogP contribution in [0.25, 0.3) is 0 Å². The summed E-state index contributed by atoms with van der Waals surface area (Å²) in [6.45, 7) is 1.84. The molecule has 0 aromatic heterocycles. The van der Waals surface area contributed by atoms with Crippen molar-refractivity contribution in [2.45, 2.75) is 6.92 Å². The molecule has 0 heterocycles. The molecule has 5 nitrogen and oxygen atoms in total. The third-order valence-corrected chi connectivity index (χ3v) is 3.53. The lowest BCUT2D eigenvalue weighted by atomic mass is 10.1. The van der Waals surface area contributed by atoms with E-state index in [1.54, 1.807) is 36.4 Å². The van der Waals surface area contributed by atoms with Crippen molar-refractivity contribution >= 4 is 46.5 Å². The Kier molecular flexibility index (Phi) is 5.31. The van der Waals surface area contributed by atoms with Crippen LogP contribution in [0.3, 0.4) is 0 Å². The fraction of sp³-hybridized carbons (Fsp3) is 0.0625. The summed E-state index contributed by atoms with van der Waals surface area (Å²) in [7, 11) is 0. The summed E-state index contributed by atoms with van der Waals surface area (Å²) >= 11 is 11.1. The van der Waals surface area contributed by atoms with Gasteiger partial charge in [-0.25, -0.2) is 4.79 Å². The molecular weight excluding hydrogens is 336 g/mol. The number of carbonyl (C=O) groups is 2. The van der Waals surface area contributed by atoms with Gasteiger partial charge < -0.3 is 10.4 Å². The lowest BCUT2D eigenvalue weighted by Gasteiger charge is -2.12. The Labute approximate surface area is 143 Å². The molecule has 0 saturated heterocycles. The molecule has 0 spiro atoms. The highest BCUT2D eigenvalue weighted by Gasteiger charge is 2.14. The van der Waals surface area contributed by atoms with Gasteiger partial charge in [-0.05, 0) is 43.4 Å². The summed E-state index contributed by atoms with van der Waals surface area (Å²) in [6, 6.07) is 11.3. The number of benzene rings is 2. The molecule has 0 fully saturated rings. The number of hydrogen-bond acceptors (Lipinski definition) is 3. The van der Waals surface area contributed by atoms with E-state index in [1.165, 1.54) is 6.07 Å². The van der Waals surface area contributed by atoms with Crippen LogP contribution in [0, 0.1) is 6.92 Å². The van der Waals surface area contributed by atoms with E-state index in [1.807, 2.05) is 6.92 Å². The molecule has 2 aromatic carbocycles. The minimum Gasteiger partial charge on any atom is -0.478 e. The number of thiocarbonyl (C=S) groups is 1. The van der Waals surface area contributed by atoms with Gasteiger partial charge in [-0.3, -0.25) is 10.1 Å². The average molecular weight is 349 g/mol. The van der Waals surface area contributed by atoms with Crippen molar-refractivity contribution in [2.75, 3.05) is 5.32 Å². The molecule has 3 N–H and O–H groups in total. The number of para-hydroxylation sites is 1. The first-order chi connectivity index (χ1) is 10.9. The molecule has 0 unspecified atom stereocenters. The molecule has 2 rings (SSSR count). The smallest absolute Gasteiger partial charge is 0.337 e. The lowest BCUT2D eigenvalue weighted by molar-refractivity contribution is 0.0698. The van der Waals surface area contributed by atoms with Gasteiger partial charge in [0.2, 0.25) is 0 Å². The zero-order valence-corrected chi connectivity index (χ0v) is 13.7. The summed E-state index contributed by atoms with van der Waals surface area (Å²) in [6.07, 6.45) is 0. The van der Waals surface area contributed by atoms with E-state index in [4.69, 9.17) is 28.9 Å². The fourth-order valence-corrected chi connectivity index (χ4v) is 2.32. The van der Waals surface area contributed by atoms with Gasteiger partial charge in [0, 0.05) is 0 Å². The van der Waals surface area contributed by atoms with Crippen LogP contribution >= 0.6 is 23.8 Å². The zero-order chi connectivity index (χ0) is 17.0. The van der Waals surface area contributed by atoms with Crippen molar-refractivity contribution in [2.24, 2.45) is 0 Å². The van der Waals surface area contributed by atoms with Crippen LogP contribution in [-0.2, 0) is 0 Å².